The summed E-state index contributed by atoms with van der Waals surface area (Å²) in [5, 5.41) is 2.44. The van der Waals surface area contributed by atoms with Crippen molar-refractivity contribution in [1.29, 1.82) is 0 Å². The van der Waals surface area contributed by atoms with Gasteiger partial charge in [-0.1, -0.05) is 0 Å². The summed E-state index contributed by atoms with van der Waals surface area (Å²) in [4.78, 5) is 24.0. The average Bonchev–Trinajstić information content (AvgIpc) is 2.15. The molecular formula is C9H18N2O3. The predicted octanol–water partition coefficient (Wildman–Crippen LogP) is 0.599. The van der Waals surface area contributed by atoms with Crippen LogP contribution in [0.15, 0.2) is 0 Å². The maximum Gasteiger partial charge on any atom is 0.407 e. The van der Waals surface area contributed by atoms with Gasteiger partial charge in [0.2, 0.25) is 5.91 Å². The normalized spacial score (nSPS) is 11.7. The Labute approximate surface area is 84.4 Å². The standard InChI is InChI=1S/C9H18N2O3/c1-5-11(4)8(12)7(3)10-9(13)14-6-2/h7H,5-6H2,1-4H3,(H,10,13). The van der Waals surface area contributed by atoms with Crippen LogP contribution >= 0.6 is 0 Å². The lowest BCUT2D eigenvalue weighted by atomic mass is 10.3. The minimum Gasteiger partial charge on any atom is -0.450 e. The quantitative estimate of drug-likeness (QED) is 0.726. The van der Waals surface area contributed by atoms with Gasteiger partial charge in [-0.2, -0.15) is 0 Å². The van der Waals surface area contributed by atoms with E-state index in [1.165, 1.54) is 4.90 Å². The van der Waals surface area contributed by atoms with E-state index in [-0.39, 0.29) is 5.91 Å². The number of carbonyl (C=O) groups excluding carboxylic acids is 2. The largest absolute Gasteiger partial charge is 0.450 e. The molecule has 0 aromatic carbocycles. The molecule has 0 heterocycles. The number of nitrogens with zero attached hydrogens (tertiary/aromatic N) is 1. The van der Waals surface area contributed by atoms with Gasteiger partial charge in [-0.3, -0.25) is 4.79 Å². The number of nitrogens with one attached hydrogen (secondary N) is 1. The molecule has 0 rings (SSSR count). The van der Waals surface area contributed by atoms with Crippen LogP contribution in [0.2, 0.25) is 0 Å². The van der Waals surface area contributed by atoms with Crippen LogP contribution in [0.4, 0.5) is 4.79 Å². The van der Waals surface area contributed by atoms with Crippen molar-refractivity contribution < 1.29 is 14.3 Å². The molecular weight excluding hydrogens is 184 g/mol. The van der Waals surface area contributed by atoms with Gasteiger partial charge in [0, 0.05) is 13.6 Å². The highest BCUT2D eigenvalue weighted by Crippen LogP contribution is 1.92. The van der Waals surface area contributed by atoms with Crippen LogP contribution in [0.5, 0.6) is 0 Å². The highest BCUT2D eigenvalue weighted by Gasteiger charge is 2.18. The fraction of sp³-hybridized carbons (Fsp3) is 0.778. The molecule has 0 aliphatic rings. The molecule has 0 saturated carbocycles. The Morgan fingerprint density at radius 3 is 2.43 bits per heavy atom. The number of hydrogen-bond donors (Lipinski definition) is 1. The van der Waals surface area contributed by atoms with Gasteiger partial charge in [-0.25, -0.2) is 4.79 Å². The molecule has 1 N–H and O–H groups in total. The van der Waals surface area contributed by atoms with E-state index < -0.39 is 12.1 Å². The van der Waals surface area contributed by atoms with E-state index in [4.69, 9.17) is 0 Å². The minimum absolute atomic E-state index is 0.124. The van der Waals surface area contributed by atoms with Crippen LogP contribution in [-0.4, -0.2) is 43.1 Å². The molecule has 0 aliphatic heterocycles. The van der Waals surface area contributed by atoms with Crippen molar-refractivity contribution in [2.45, 2.75) is 26.8 Å². The lowest BCUT2D eigenvalue weighted by molar-refractivity contribution is -0.131. The van der Waals surface area contributed by atoms with Crippen LogP contribution in [0, 0.1) is 0 Å². The lowest BCUT2D eigenvalue weighted by Crippen LogP contribution is -2.45. The number of ether oxygens (including phenoxy) is 1. The number of likely N-dealkylation sites (N-methyl/N-ethyl adjacent to an activating group) is 1. The third-order valence-electron chi connectivity index (χ3n) is 1.83. The van der Waals surface area contributed by atoms with E-state index in [1.54, 1.807) is 20.9 Å². The summed E-state index contributed by atoms with van der Waals surface area (Å²) >= 11 is 0. The van der Waals surface area contributed by atoms with Gasteiger partial charge in [-0.15, -0.1) is 0 Å². The zero-order valence-corrected chi connectivity index (χ0v) is 9.16. The molecule has 0 fully saturated rings. The molecule has 2 amide bonds. The summed E-state index contributed by atoms with van der Waals surface area (Å²) in [6.45, 7) is 6.13. The van der Waals surface area contributed by atoms with Gasteiger partial charge >= 0.3 is 6.09 Å². The monoisotopic (exact) mass is 202 g/mol. The third-order valence-corrected chi connectivity index (χ3v) is 1.83. The van der Waals surface area contributed by atoms with E-state index in [0.29, 0.717) is 13.2 Å². The second-order valence-electron chi connectivity index (χ2n) is 2.94. The highest BCUT2D eigenvalue weighted by molar-refractivity contribution is 5.85. The second kappa shape index (κ2) is 6.23. The van der Waals surface area contributed by atoms with Crippen LogP contribution < -0.4 is 5.32 Å². The summed E-state index contributed by atoms with van der Waals surface area (Å²) in [6.07, 6.45) is -0.558. The van der Waals surface area contributed by atoms with Crippen LogP contribution in [-0.2, 0) is 9.53 Å². The maximum atomic E-state index is 11.5. The van der Waals surface area contributed by atoms with Crippen molar-refractivity contribution in [3.63, 3.8) is 0 Å². The summed E-state index contributed by atoms with van der Waals surface area (Å²) in [5.41, 5.74) is 0. The molecule has 5 nitrogen and oxygen atoms in total. The summed E-state index contributed by atoms with van der Waals surface area (Å²) in [6, 6.07) is -0.543. The number of rotatable bonds is 4. The van der Waals surface area contributed by atoms with E-state index in [9.17, 15) is 9.59 Å². The third kappa shape index (κ3) is 4.11. The highest BCUT2D eigenvalue weighted by atomic mass is 16.5. The first kappa shape index (κ1) is 12.7. The first-order chi connectivity index (χ1) is 6.52. The van der Waals surface area contributed by atoms with Gasteiger partial charge < -0.3 is 15.0 Å². The fourth-order valence-corrected chi connectivity index (χ4v) is 0.898. The molecule has 0 radical (unpaired) electrons. The Balaban J connectivity index is 4.01. The second-order valence-corrected chi connectivity index (χ2v) is 2.94. The van der Waals surface area contributed by atoms with Crippen molar-refractivity contribution in [2.75, 3.05) is 20.2 Å². The van der Waals surface area contributed by atoms with E-state index in [1.807, 2.05) is 6.92 Å². The molecule has 0 aliphatic carbocycles. The Morgan fingerprint density at radius 1 is 1.43 bits per heavy atom. The SMILES string of the molecule is CCOC(=O)NC(C)C(=O)N(C)CC. The number of amides is 2. The van der Waals surface area contributed by atoms with Gasteiger partial charge in [-0.05, 0) is 20.8 Å². The van der Waals surface area contributed by atoms with Crippen molar-refractivity contribution in [3.05, 3.63) is 0 Å². The first-order valence-electron chi connectivity index (χ1n) is 4.71. The summed E-state index contributed by atoms with van der Waals surface area (Å²) < 4.78 is 4.66. The molecule has 1 atom stereocenters. The lowest BCUT2D eigenvalue weighted by Gasteiger charge is -2.20. The first-order valence-corrected chi connectivity index (χ1v) is 4.71. The Kier molecular flexibility index (Phi) is 5.67. The van der Waals surface area contributed by atoms with E-state index in [0.717, 1.165) is 0 Å². The Bertz CT molecular complexity index is 206. The molecule has 1 unspecified atom stereocenters. The van der Waals surface area contributed by atoms with Crippen molar-refractivity contribution in [3.8, 4) is 0 Å². The molecule has 14 heavy (non-hydrogen) atoms. The fourth-order valence-electron chi connectivity index (χ4n) is 0.898. The Morgan fingerprint density at radius 2 is 2.00 bits per heavy atom. The molecule has 0 bridgehead atoms. The smallest absolute Gasteiger partial charge is 0.407 e. The topological polar surface area (TPSA) is 58.6 Å². The molecule has 5 heteroatoms. The van der Waals surface area contributed by atoms with Gasteiger partial charge in [0.15, 0.2) is 0 Å². The maximum absolute atomic E-state index is 11.5. The van der Waals surface area contributed by atoms with Crippen molar-refractivity contribution >= 4 is 12.0 Å². The molecule has 82 valence electrons. The minimum atomic E-state index is -0.558. The van der Waals surface area contributed by atoms with Crippen molar-refractivity contribution in [2.24, 2.45) is 0 Å². The zero-order valence-electron chi connectivity index (χ0n) is 9.16. The number of hydrogen-bond acceptors (Lipinski definition) is 3. The van der Waals surface area contributed by atoms with Crippen LogP contribution in [0.25, 0.3) is 0 Å². The number of alkyl carbamates (subject to hydrolysis) is 1. The van der Waals surface area contributed by atoms with Gasteiger partial charge in [0.25, 0.3) is 0 Å². The van der Waals surface area contributed by atoms with Crippen LogP contribution in [0.3, 0.4) is 0 Å². The van der Waals surface area contributed by atoms with E-state index in [2.05, 4.69) is 10.1 Å². The average molecular weight is 202 g/mol. The zero-order chi connectivity index (χ0) is 11.1. The summed E-state index contributed by atoms with van der Waals surface area (Å²) in [5.74, 6) is -0.124. The molecule has 0 aromatic heterocycles. The number of carbonyl (C=O) groups is 2. The molecule has 0 aromatic rings. The van der Waals surface area contributed by atoms with Gasteiger partial charge in [0.1, 0.15) is 6.04 Å². The molecule has 0 saturated heterocycles. The van der Waals surface area contributed by atoms with Crippen LogP contribution in [0.1, 0.15) is 20.8 Å². The van der Waals surface area contributed by atoms with E-state index >= 15 is 0 Å². The molecule has 0 spiro atoms. The predicted molar refractivity (Wildman–Crippen MR) is 52.9 cm³/mol. The Hall–Kier alpha value is -1.26. The summed E-state index contributed by atoms with van der Waals surface area (Å²) in [7, 11) is 1.69. The van der Waals surface area contributed by atoms with Gasteiger partial charge in [0.05, 0.1) is 6.61 Å². The van der Waals surface area contributed by atoms with Crippen molar-refractivity contribution in [1.82, 2.24) is 10.2 Å².